The van der Waals surface area contributed by atoms with Crippen molar-refractivity contribution in [3.05, 3.63) is 64.3 Å². The van der Waals surface area contributed by atoms with Crippen molar-refractivity contribution in [1.29, 1.82) is 0 Å². The van der Waals surface area contributed by atoms with Crippen LogP contribution < -0.4 is 10.6 Å². The molecule has 0 saturated heterocycles. The zero-order valence-corrected chi connectivity index (χ0v) is 15.2. The first-order valence-corrected chi connectivity index (χ1v) is 8.89. The van der Waals surface area contributed by atoms with Crippen LogP contribution in [0.2, 0.25) is 0 Å². The van der Waals surface area contributed by atoms with Crippen LogP contribution >= 0.6 is 11.3 Å². The summed E-state index contributed by atoms with van der Waals surface area (Å²) in [6.45, 7) is 3.91. The lowest BCUT2D eigenvalue weighted by Crippen LogP contribution is -2.24. The summed E-state index contributed by atoms with van der Waals surface area (Å²) in [6, 6.07) is 8.89. The van der Waals surface area contributed by atoms with Crippen LogP contribution in [-0.4, -0.2) is 21.8 Å². The highest BCUT2D eigenvalue weighted by molar-refractivity contribution is 7.14. The Kier molecular flexibility index (Phi) is 5.43. The zero-order chi connectivity index (χ0) is 18.5. The van der Waals surface area contributed by atoms with E-state index in [-0.39, 0.29) is 24.8 Å². The molecule has 3 aromatic rings. The molecule has 134 valence electrons. The van der Waals surface area contributed by atoms with E-state index in [9.17, 15) is 9.59 Å². The molecular formula is C18H18N4O3S. The van der Waals surface area contributed by atoms with Gasteiger partial charge in [0, 0.05) is 10.9 Å². The second-order valence-electron chi connectivity index (χ2n) is 5.67. The predicted molar refractivity (Wildman–Crippen MR) is 98.0 cm³/mol. The van der Waals surface area contributed by atoms with Crippen LogP contribution in [0.15, 0.2) is 40.1 Å². The molecule has 0 fully saturated rings. The monoisotopic (exact) mass is 370 g/mol. The first kappa shape index (κ1) is 17.8. The fraction of sp³-hybridized carbons (Fsp3) is 0.222. The predicted octanol–water partition coefficient (Wildman–Crippen LogP) is 2.86. The maximum atomic E-state index is 12.1. The topological polar surface area (TPSA) is 97.1 Å². The van der Waals surface area contributed by atoms with Gasteiger partial charge in [0.15, 0.2) is 5.13 Å². The lowest BCUT2D eigenvalue weighted by molar-refractivity contribution is -0.120. The van der Waals surface area contributed by atoms with Gasteiger partial charge in [0.2, 0.25) is 11.8 Å². The Bertz CT molecular complexity index is 898. The van der Waals surface area contributed by atoms with Crippen molar-refractivity contribution in [3.63, 3.8) is 0 Å². The van der Waals surface area contributed by atoms with Crippen molar-refractivity contribution in [2.45, 2.75) is 26.8 Å². The largest absolute Gasteiger partial charge is 0.444 e. The lowest BCUT2D eigenvalue weighted by atomic mass is 10.2. The fourth-order valence-corrected chi connectivity index (χ4v) is 2.93. The van der Waals surface area contributed by atoms with Gasteiger partial charge in [-0.05, 0) is 26.0 Å². The molecule has 8 heteroatoms. The van der Waals surface area contributed by atoms with E-state index in [1.54, 1.807) is 29.6 Å². The first-order valence-electron chi connectivity index (χ1n) is 8.01. The normalized spacial score (nSPS) is 10.5. The minimum Gasteiger partial charge on any atom is -0.444 e. The highest BCUT2D eigenvalue weighted by Gasteiger charge is 2.12. The Morgan fingerprint density at radius 2 is 1.92 bits per heavy atom. The van der Waals surface area contributed by atoms with E-state index in [1.807, 2.05) is 19.9 Å². The third-order valence-corrected chi connectivity index (χ3v) is 4.47. The molecule has 0 aliphatic rings. The van der Waals surface area contributed by atoms with Gasteiger partial charge in [-0.1, -0.05) is 18.2 Å². The number of oxazole rings is 1. The van der Waals surface area contributed by atoms with Crippen molar-refractivity contribution >= 4 is 28.3 Å². The van der Waals surface area contributed by atoms with E-state index in [0.29, 0.717) is 22.3 Å². The van der Waals surface area contributed by atoms with Crippen molar-refractivity contribution in [2.75, 3.05) is 5.32 Å². The van der Waals surface area contributed by atoms with Gasteiger partial charge in [0.05, 0.1) is 24.4 Å². The number of hydrogen-bond donors (Lipinski definition) is 2. The van der Waals surface area contributed by atoms with Crippen LogP contribution in [0.25, 0.3) is 0 Å². The summed E-state index contributed by atoms with van der Waals surface area (Å²) < 4.78 is 5.42. The van der Waals surface area contributed by atoms with Crippen molar-refractivity contribution < 1.29 is 14.0 Å². The second kappa shape index (κ2) is 7.92. The number of aryl methyl sites for hydroxylation is 2. The van der Waals surface area contributed by atoms with E-state index in [0.717, 1.165) is 11.5 Å². The van der Waals surface area contributed by atoms with Crippen LogP contribution in [0.5, 0.6) is 0 Å². The Hall–Kier alpha value is -3.00. The molecule has 0 bridgehead atoms. The molecule has 2 N–H and O–H groups in total. The van der Waals surface area contributed by atoms with Gasteiger partial charge < -0.3 is 9.73 Å². The molecule has 2 amide bonds. The van der Waals surface area contributed by atoms with Gasteiger partial charge in [-0.2, -0.15) is 0 Å². The summed E-state index contributed by atoms with van der Waals surface area (Å²) in [5, 5.41) is 7.68. The minimum atomic E-state index is -0.231. The molecule has 0 radical (unpaired) electrons. The average Bonchev–Trinajstić information content (AvgIpc) is 3.20. The molecule has 0 unspecified atom stereocenters. The summed E-state index contributed by atoms with van der Waals surface area (Å²) in [7, 11) is 0. The van der Waals surface area contributed by atoms with Crippen LogP contribution in [0.1, 0.15) is 33.4 Å². The van der Waals surface area contributed by atoms with E-state index < -0.39 is 0 Å². The number of anilines is 1. The molecular weight excluding hydrogens is 352 g/mol. The van der Waals surface area contributed by atoms with Gasteiger partial charge in [-0.15, -0.1) is 11.3 Å². The second-order valence-corrected chi connectivity index (χ2v) is 6.52. The molecule has 0 aliphatic heterocycles. The number of nitrogens with zero attached hydrogens (tertiary/aromatic N) is 2. The number of amides is 2. The number of rotatable bonds is 6. The molecule has 3 rings (SSSR count). The SMILES string of the molecule is Cc1nc(CNC(=O)Cc2csc(NC(=O)c3ccccc3)n2)oc1C. The Morgan fingerprint density at radius 1 is 1.15 bits per heavy atom. The molecule has 2 heterocycles. The summed E-state index contributed by atoms with van der Waals surface area (Å²) in [4.78, 5) is 32.6. The summed E-state index contributed by atoms with van der Waals surface area (Å²) in [6.07, 6.45) is 0.121. The maximum absolute atomic E-state index is 12.1. The Balaban J connectivity index is 1.51. The summed E-state index contributed by atoms with van der Waals surface area (Å²) in [5.74, 6) is 0.797. The van der Waals surface area contributed by atoms with Crippen LogP contribution in [-0.2, 0) is 17.8 Å². The van der Waals surface area contributed by atoms with E-state index in [4.69, 9.17) is 4.42 Å². The zero-order valence-electron chi connectivity index (χ0n) is 14.4. The standard InChI is InChI=1S/C18H18N4O3S/c1-11-12(2)25-16(20-11)9-19-15(23)8-14-10-26-18(21-14)22-17(24)13-6-4-3-5-7-13/h3-7,10H,8-9H2,1-2H3,(H,19,23)(H,21,22,24). The average molecular weight is 370 g/mol. The molecule has 0 spiro atoms. The van der Waals surface area contributed by atoms with Gasteiger partial charge in [-0.25, -0.2) is 9.97 Å². The molecule has 0 saturated carbocycles. The smallest absolute Gasteiger partial charge is 0.257 e. The third kappa shape index (κ3) is 4.54. The Morgan fingerprint density at radius 3 is 2.62 bits per heavy atom. The maximum Gasteiger partial charge on any atom is 0.257 e. The molecule has 1 aromatic carbocycles. The molecule has 2 aromatic heterocycles. The number of thiazole rings is 1. The molecule has 26 heavy (non-hydrogen) atoms. The fourth-order valence-electron chi connectivity index (χ4n) is 2.22. The quantitative estimate of drug-likeness (QED) is 0.695. The minimum absolute atomic E-state index is 0.121. The van der Waals surface area contributed by atoms with Crippen LogP contribution in [0.4, 0.5) is 5.13 Å². The number of carbonyl (C=O) groups excluding carboxylic acids is 2. The highest BCUT2D eigenvalue weighted by atomic mass is 32.1. The van der Waals surface area contributed by atoms with Gasteiger partial charge in [-0.3, -0.25) is 14.9 Å². The Labute approximate surface area is 154 Å². The number of aromatic nitrogens is 2. The number of carbonyl (C=O) groups is 2. The van der Waals surface area contributed by atoms with E-state index >= 15 is 0 Å². The van der Waals surface area contributed by atoms with Gasteiger partial charge in [0.25, 0.3) is 5.91 Å². The van der Waals surface area contributed by atoms with Crippen LogP contribution in [0.3, 0.4) is 0 Å². The van der Waals surface area contributed by atoms with Crippen molar-refractivity contribution in [2.24, 2.45) is 0 Å². The van der Waals surface area contributed by atoms with Gasteiger partial charge >= 0.3 is 0 Å². The summed E-state index contributed by atoms with van der Waals surface area (Å²) >= 11 is 1.28. The summed E-state index contributed by atoms with van der Waals surface area (Å²) in [5.41, 5.74) is 1.96. The lowest BCUT2D eigenvalue weighted by Gasteiger charge is -2.01. The molecule has 0 aliphatic carbocycles. The third-order valence-electron chi connectivity index (χ3n) is 3.66. The van der Waals surface area contributed by atoms with Crippen molar-refractivity contribution in [3.8, 4) is 0 Å². The number of hydrogen-bond acceptors (Lipinski definition) is 6. The first-order chi connectivity index (χ1) is 12.5. The van der Waals surface area contributed by atoms with Crippen molar-refractivity contribution in [1.82, 2.24) is 15.3 Å². The number of nitrogens with one attached hydrogen (secondary N) is 2. The molecule has 0 atom stereocenters. The molecule has 7 nitrogen and oxygen atoms in total. The van der Waals surface area contributed by atoms with Gasteiger partial charge in [0.1, 0.15) is 5.76 Å². The highest BCUT2D eigenvalue weighted by Crippen LogP contribution is 2.17. The van der Waals surface area contributed by atoms with E-state index in [2.05, 4.69) is 20.6 Å². The van der Waals surface area contributed by atoms with Crippen LogP contribution in [0, 0.1) is 13.8 Å². The number of benzene rings is 1. The van der Waals surface area contributed by atoms with E-state index in [1.165, 1.54) is 11.3 Å².